The Morgan fingerprint density at radius 1 is 1.03 bits per heavy atom. The predicted octanol–water partition coefficient (Wildman–Crippen LogP) is 5.24. The monoisotopic (exact) mass is 522 g/mol. The molecule has 0 N–H and O–H groups in total. The fraction of sp³-hybridized carbons (Fsp3) is 0.548. The summed E-state index contributed by atoms with van der Waals surface area (Å²) in [6.07, 6.45) is 1.62. The average molecular weight is 523 g/mol. The van der Waals surface area contributed by atoms with Crippen molar-refractivity contribution in [2.45, 2.75) is 78.6 Å². The molecule has 7 atom stereocenters. The number of hydrogen-bond acceptors (Lipinski definition) is 7. The van der Waals surface area contributed by atoms with Gasteiger partial charge in [0.2, 0.25) is 5.78 Å². The lowest BCUT2D eigenvalue weighted by molar-refractivity contribution is -0.178. The van der Waals surface area contributed by atoms with Gasteiger partial charge in [0, 0.05) is 20.3 Å². The second kappa shape index (κ2) is 10.2. The summed E-state index contributed by atoms with van der Waals surface area (Å²) in [7, 11) is 0. The minimum atomic E-state index is -1.69. The van der Waals surface area contributed by atoms with E-state index in [0.717, 1.165) is 6.42 Å². The van der Waals surface area contributed by atoms with Gasteiger partial charge in [-0.05, 0) is 66.2 Å². The van der Waals surface area contributed by atoms with Gasteiger partial charge in [0.05, 0.1) is 11.5 Å². The first kappa shape index (κ1) is 27.8. The van der Waals surface area contributed by atoms with Crippen LogP contribution in [-0.2, 0) is 28.6 Å². The van der Waals surface area contributed by atoms with Gasteiger partial charge < -0.3 is 14.2 Å². The summed E-state index contributed by atoms with van der Waals surface area (Å²) in [5.74, 6) is -2.88. The summed E-state index contributed by atoms with van der Waals surface area (Å²) in [6.45, 7) is 14.8. The molecule has 4 rings (SSSR count). The molecule has 1 aromatic carbocycles. The van der Waals surface area contributed by atoms with E-state index in [1.807, 2.05) is 13.0 Å². The van der Waals surface area contributed by atoms with Gasteiger partial charge in [-0.25, -0.2) is 4.79 Å². The standard InChI is InChI=1S/C31H38O7/c1-17-13-14-23-24(30(23,6)7)15-18(2)28(34)31(38-21(5)33)16-19(3)27(36-20(4)32)25(31)26(17)37-29(35)22-11-9-8-10-12-22/h8-12,15,19,23-27H,1,13-14,16H2,2-7H3/b18-15+/t19-,23-,24+,25-,26-,27-,31+/m0/s1. The third-order valence-electron chi connectivity index (χ3n) is 8.77. The highest BCUT2D eigenvalue weighted by Gasteiger charge is 2.65. The molecule has 0 heterocycles. The van der Waals surface area contributed by atoms with E-state index in [1.54, 1.807) is 37.3 Å². The number of fused-ring (bicyclic) bond motifs is 2. The third-order valence-corrected chi connectivity index (χ3v) is 8.77. The molecule has 0 aliphatic heterocycles. The molecule has 0 spiro atoms. The van der Waals surface area contributed by atoms with Crippen molar-refractivity contribution < 1.29 is 33.4 Å². The fourth-order valence-electron chi connectivity index (χ4n) is 6.80. The molecule has 204 valence electrons. The van der Waals surface area contributed by atoms with Crippen LogP contribution in [0, 0.1) is 29.1 Å². The SMILES string of the molecule is C=C1CC[C@H]2[C@@H](/C=C(\C)C(=O)[C@@]3(OC(C)=O)C[C@H](C)[C@H](OC(C)=O)[C@@H]3[C@H]1OC(=O)c1ccccc1)C2(C)C. The van der Waals surface area contributed by atoms with E-state index in [2.05, 4.69) is 20.4 Å². The second-order valence-electron chi connectivity index (χ2n) is 11.8. The quantitative estimate of drug-likeness (QED) is 0.303. The Morgan fingerprint density at radius 2 is 1.68 bits per heavy atom. The van der Waals surface area contributed by atoms with Crippen molar-refractivity contribution in [3.05, 3.63) is 59.7 Å². The second-order valence-corrected chi connectivity index (χ2v) is 11.8. The van der Waals surface area contributed by atoms with Crippen molar-refractivity contribution in [1.82, 2.24) is 0 Å². The van der Waals surface area contributed by atoms with Crippen LogP contribution in [0.15, 0.2) is 54.1 Å². The van der Waals surface area contributed by atoms with Crippen LogP contribution >= 0.6 is 0 Å². The molecule has 2 fully saturated rings. The van der Waals surface area contributed by atoms with Crippen molar-refractivity contribution in [3.63, 3.8) is 0 Å². The van der Waals surface area contributed by atoms with Crippen molar-refractivity contribution >= 4 is 23.7 Å². The molecule has 2 saturated carbocycles. The minimum absolute atomic E-state index is 0.00840. The van der Waals surface area contributed by atoms with Gasteiger partial charge in [0.25, 0.3) is 0 Å². The number of benzene rings is 1. The van der Waals surface area contributed by atoms with Crippen LogP contribution in [-0.4, -0.2) is 41.5 Å². The molecule has 0 unspecified atom stereocenters. The highest BCUT2D eigenvalue weighted by Crippen LogP contribution is 2.62. The normalized spacial score (nSPS) is 35.5. The minimum Gasteiger partial charge on any atom is -0.462 e. The maximum absolute atomic E-state index is 14.3. The number of ketones is 1. The first-order chi connectivity index (χ1) is 17.8. The van der Waals surface area contributed by atoms with E-state index >= 15 is 0 Å². The Bertz CT molecular complexity index is 1180. The molecule has 0 saturated heterocycles. The van der Waals surface area contributed by atoms with Crippen LogP contribution in [0.1, 0.15) is 71.2 Å². The van der Waals surface area contributed by atoms with E-state index in [4.69, 9.17) is 14.2 Å². The lowest BCUT2D eigenvalue weighted by Gasteiger charge is -2.40. The van der Waals surface area contributed by atoms with Crippen molar-refractivity contribution in [1.29, 1.82) is 0 Å². The molecule has 0 amide bonds. The lowest BCUT2D eigenvalue weighted by Crippen LogP contribution is -2.55. The van der Waals surface area contributed by atoms with Crippen LogP contribution in [0.5, 0.6) is 0 Å². The zero-order chi connectivity index (χ0) is 28.0. The number of allylic oxidation sites excluding steroid dienone is 1. The average Bonchev–Trinajstić information content (AvgIpc) is 3.24. The number of esters is 3. The van der Waals surface area contributed by atoms with E-state index < -0.39 is 41.6 Å². The molecule has 3 aliphatic carbocycles. The van der Waals surface area contributed by atoms with E-state index in [9.17, 15) is 19.2 Å². The maximum atomic E-state index is 14.3. The summed E-state index contributed by atoms with van der Waals surface area (Å²) in [5, 5.41) is 0. The molecule has 1 aromatic rings. The molecule has 7 nitrogen and oxygen atoms in total. The first-order valence-corrected chi connectivity index (χ1v) is 13.3. The zero-order valence-corrected chi connectivity index (χ0v) is 23.1. The molecule has 38 heavy (non-hydrogen) atoms. The van der Waals surface area contributed by atoms with Gasteiger partial charge in [-0.3, -0.25) is 14.4 Å². The zero-order valence-electron chi connectivity index (χ0n) is 23.1. The van der Waals surface area contributed by atoms with Gasteiger partial charge >= 0.3 is 17.9 Å². The Labute approximate surface area is 224 Å². The maximum Gasteiger partial charge on any atom is 0.338 e. The van der Waals surface area contributed by atoms with Crippen LogP contribution in [0.2, 0.25) is 0 Å². The van der Waals surface area contributed by atoms with Crippen molar-refractivity contribution in [2.24, 2.45) is 29.1 Å². The number of carbonyl (C=O) groups excluding carboxylic acids is 4. The van der Waals surface area contributed by atoms with Gasteiger partial charge in [-0.1, -0.05) is 51.6 Å². The smallest absolute Gasteiger partial charge is 0.338 e. The third kappa shape index (κ3) is 4.95. The topological polar surface area (TPSA) is 96.0 Å². The van der Waals surface area contributed by atoms with Crippen LogP contribution in [0.3, 0.4) is 0 Å². The first-order valence-electron chi connectivity index (χ1n) is 13.3. The van der Waals surface area contributed by atoms with Gasteiger partial charge in [-0.2, -0.15) is 0 Å². The van der Waals surface area contributed by atoms with Gasteiger partial charge in [0.1, 0.15) is 12.2 Å². The summed E-state index contributed by atoms with van der Waals surface area (Å²) in [4.78, 5) is 52.4. The highest BCUT2D eigenvalue weighted by molar-refractivity contribution is 6.03. The molecule has 0 radical (unpaired) electrons. The van der Waals surface area contributed by atoms with Crippen LogP contribution < -0.4 is 0 Å². The summed E-state index contributed by atoms with van der Waals surface area (Å²) in [5.41, 5.74) is -0.235. The molecular formula is C31H38O7. The molecule has 0 aromatic heterocycles. The van der Waals surface area contributed by atoms with Crippen LogP contribution in [0.4, 0.5) is 0 Å². The Kier molecular flexibility index (Phi) is 7.43. The lowest BCUT2D eigenvalue weighted by atomic mass is 9.76. The predicted molar refractivity (Wildman–Crippen MR) is 141 cm³/mol. The highest BCUT2D eigenvalue weighted by atomic mass is 16.6. The molecule has 0 bridgehead atoms. The molecule has 3 aliphatic rings. The number of carbonyl (C=O) groups is 4. The van der Waals surface area contributed by atoms with Crippen molar-refractivity contribution in [2.75, 3.05) is 0 Å². The van der Waals surface area contributed by atoms with Gasteiger partial charge in [0.15, 0.2) is 5.60 Å². The number of hydrogen-bond donors (Lipinski definition) is 0. The van der Waals surface area contributed by atoms with E-state index in [-0.39, 0.29) is 29.5 Å². The number of Topliss-reactive ketones (excluding diaryl/α,β-unsaturated/α-hetero) is 1. The number of rotatable bonds is 4. The fourth-order valence-corrected chi connectivity index (χ4v) is 6.80. The number of ether oxygens (including phenoxy) is 3. The Hall–Kier alpha value is -3.22. The summed E-state index contributed by atoms with van der Waals surface area (Å²) < 4.78 is 17.9. The van der Waals surface area contributed by atoms with E-state index in [0.29, 0.717) is 29.0 Å². The van der Waals surface area contributed by atoms with Crippen molar-refractivity contribution in [3.8, 4) is 0 Å². The summed E-state index contributed by atoms with van der Waals surface area (Å²) >= 11 is 0. The largest absolute Gasteiger partial charge is 0.462 e. The molecule has 7 heteroatoms. The Balaban J connectivity index is 1.89. The van der Waals surface area contributed by atoms with Crippen LogP contribution in [0.25, 0.3) is 0 Å². The van der Waals surface area contributed by atoms with E-state index in [1.165, 1.54) is 13.8 Å². The van der Waals surface area contributed by atoms with Gasteiger partial charge in [-0.15, -0.1) is 0 Å². The summed E-state index contributed by atoms with van der Waals surface area (Å²) in [6, 6.07) is 8.56. The Morgan fingerprint density at radius 3 is 2.29 bits per heavy atom. The molecular weight excluding hydrogens is 484 g/mol.